The minimum absolute atomic E-state index is 0.0926. The molecule has 12 heavy (non-hydrogen) atoms. The molecule has 0 aromatic rings. The van der Waals surface area contributed by atoms with E-state index >= 15 is 0 Å². The van der Waals surface area contributed by atoms with E-state index in [1.165, 1.54) is 19.3 Å². The highest BCUT2D eigenvalue weighted by molar-refractivity contribution is 5.83. The molecule has 0 unspecified atom stereocenters. The molecule has 0 N–H and O–H groups in total. The van der Waals surface area contributed by atoms with Gasteiger partial charge in [0.15, 0.2) is 0 Å². The molecule has 0 heterocycles. The molecule has 0 rings (SSSR count). The van der Waals surface area contributed by atoms with Crippen molar-refractivity contribution >= 4 is 11.9 Å². The van der Waals surface area contributed by atoms with Crippen molar-refractivity contribution in [1.82, 2.24) is 0 Å². The molecular weight excluding hydrogens is 160 g/mol. The lowest BCUT2D eigenvalue weighted by atomic mass is 10.4. The van der Waals surface area contributed by atoms with E-state index in [2.05, 4.69) is 9.47 Å². The zero-order valence-corrected chi connectivity index (χ0v) is 7.20. The van der Waals surface area contributed by atoms with Gasteiger partial charge in [-0.05, 0) is 6.92 Å². The molecule has 0 saturated heterocycles. The Morgan fingerprint density at radius 3 is 2.58 bits per heavy atom. The minimum Gasteiger partial charge on any atom is -0.469 e. The second-order valence-electron chi connectivity index (χ2n) is 1.93. The van der Waals surface area contributed by atoms with Crippen LogP contribution < -0.4 is 0 Å². The number of carbonyl (C=O) groups excluding carboxylic acids is 2. The van der Waals surface area contributed by atoms with Crippen molar-refractivity contribution in [3.05, 3.63) is 12.2 Å². The molecule has 0 saturated carbocycles. The maximum Gasteiger partial charge on any atom is 0.330 e. The average molecular weight is 172 g/mol. The first-order valence-corrected chi connectivity index (χ1v) is 3.60. The number of carbonyl (C=O) groups is 2. The molecule has 68 valence electrons. The summed E-state index contributed by atoms with van der Waals surface area (Å²) < 4.78 is 8.93. The lowest BCUT2D eigenvalue weighted by Crippen LogP contribution is -2.01. The van der Waals surface area contributed by atoms with Crippen LogP contribution in [0.1, 0.15) is 13.3 Å². The van der Waals surface area contributed by atoms with Gasteiger partial charge in [0.1, 0.15) is 0 Å². The van der Waals surface area contributed by atoms with Crippen LogP contribution >= 0.6 is 0 Å². The van der Waals surface area contributed by atoms with Gasteiger partial charge < -0.3 is 9.47 Å². The third-order valence-electron chi connectivity index (χ3n) is 1.05. The maximum absolute atomic E-state index is 10.7. The highest BCUT2D eigenvalue weighted by Crippen LogP contribution is 1.88. The largest absolute Gasteiger partial charge is 0.469 e. The molecular formula is C8H12O4. The molecule has 0 bridgehead atoms. The van der Waals surface area contributed by atoms with Crippen molar-refractivity contribution in [3.63, 3.8) is 0 Å². The molecule has 0 radical (unpaired) electrons. The molecule has 0 amide bonds. The van der Waals surface area contributed by atoms with E-state index in [1.807, 2.05) is 0 Å². The number of hydrogen-bond donors (Lipinski definition) is 0. The van der Waals surface area contributed by atoms with Crippen molar-refractivity contribution in [3.8, 4) is 0 Å². The standard InChI is InChI=1S/C8H12O4/c1-3-12-8(10)6-4-5-7(9)11-2/h4,6H,3,5H2,1-2H3/b6-4+. The first kappa shape index (κ1) is 10.7. The van der Waals surface area contributed by atoms with Gasteiger partial charge in [-0.25, -0.2) is 4.79 Å². The molecule has 0 spiro atoms. The summed E-state index contributed by atoms with van der Waals surface area (Å²) in [6.45, 7) is 2.05. The molecule has 0 aromatic heterocycles. The Kier molecular flexibility index (Phi) is 5.69. The maximum atomic E-state index is 10.7. The van der Waals surface area contributed by atoms with E-state index in [0.29, 0.717) is 6.61 Å². The van der Waals surface area contributed by atoms with Gasteiger partial charge in [0.25, 0.3) is 0 Å². The summed E-state index contributed by atoms with van der Waals surface area (Å²) in [5.74, 6) is -0.822. The summed E-state index contributed by atoms with van der Waals surface area (Å²) in [6.07, 6.45) is 2.71. The average Bonchev–Trinajstić information content (AvgIpc) is 2.04. The van der Waals surface area contributed by atoms with E-state index < -0.39 is 5.97 Å². The van der Waals surface area contributed by atoms with Crippen LogP contribution in [0, 0.1) is 0 Å². The molecule has 0 aliphatic rings. The Balaban J connectivity index is 3.61. The smallest absolute Gasteiger partial charge is 0.330 e. The number of methoxy groups -OCH3 is 1. The third-order valence-corrected chi connectivity index (χ3v) is 1.05. The molecule has 0 aliphatic heterocycles. The van der Waals surface area contributed by atoms with Gasteiger partial charge in [-0.1, -0.05) is 6.08 Å². The highest BCUT2D eigenvalue weighted by atomic mass is 16.5. The second kappa shape index (κ2) is 6.39. The zero-order chi connectivity index (χ0) is 9.40. The fourth-order valence-corrected chi connectivity index (χ4v) is 0.525. The predicted molar refractivity (Wildman–Crippen MR) is 42.4 cm³/mol. The fraction of sp³-hybridized carbons (Fsp3) is 0.500. The van der Waals surface area contributed by atoms with Crippen LogP contribution in [0.3, 0.4) is 0 Å². The Hall–Kier alpha value is -1.32. The van der Waals surface area contributed by atoms with Gasteiger partial charge in [-0.15, -0.1) is 0 Å². The highest BCUT2D eigenvalue weighted by Gasteiger charge is 1.96. The zero-order valence-electron chi connectivity index (χ0n) is 7.20. The van der Waals surface area contributed by atoms with Crippen LogP contribution in [-0.2, 0) is 19.1 Å². The van der Waals surface area contributed by atoms with Crippen molar-refractivity contribution in [2.45, 2.75) is 13.3 Å². The SMILES string of the molecule is CCOC(=O)/C=C/CC(=O)OC. The number of rotatable bonds is 4. The molecule has 4 nitrogen and oxygen atoms in total. The topological polar surface area (TPSA) is 52.6 Å². The number of hydrogen-bond acceptors (Lipinski definition) is 4. The van der Waals surface area contributed by atoms with Crippen LogP contribution in [0.2, 0.25) is 0 Å². The number of esters is 2. The van der Waals surface area contributed by atoms with Crippen molar-refractivity contribution < 1.29 is 19.1 Å². The molecule has 0 fully saturated rings. The summed E-state index contributed by atoms with van der Waals surface area (Å²) >= 11 is 0. The monoisotopic (exact) mass is 172 g/mol. The van der Waals surface area contributed by atoms with Crippen molar-refractivity contribution in [2.75, 3.05) is 13.7 Å². The minimum atomic E-state index is -0.443. The normalized spacial score (nSPS) is 9.83. The fourth-order valence-electron chi connectivity index (χ4n) is 0.525. The first-order chi connectivity index (χ1) is 5.70. The summed E-state index contributed by atoms with van der Waals surface area (Å²) in [5, 5.41) is 0. The summed E-state index contributed by atoms with van der Waals surface area (Å²) in [7, 11) is 1.29. The van der Waals surface area contributed by atoms with Crippen LogP contribution in [0.25, 0.3) is 0 Å². The van der Waals surface area contributed by atoms with Crippen LogP contribution in [-0.4, -0.2) is 25.7 Å². The Morgan fingerprint density at radius 2 is 2.08 bits per heavy atom. The van der Waals surface area contributed by atoms with E-state index in [1.54, 1.807) is 6.92 Å². The van der Waals surface area contributed by atoms with Crippen molar-refractivity contribution in [1.29, 1.82) is 0 Å². The summed E-state index contributed by atoms with van der Waals surface area (Å²) in [4.78, 5) is 21.2. The third kappa shape index (κ3) is 5.46. The first-order valence-electron chi connectivity index (χ1n) is 3.60. The Bertz CT molecular complexity index is 183. The van der Waals surface area contributed by atoms with Gasteiger partial charge in [-0.3, -0.25) is 4.79 Å². The van der Waals surface area contributed by atoms with Gasteiger partial charge in [0, 0.05) is 6.08 Å². The lowest BCUT2D eigenvalue weighted by Gasteiger charge is -1.94. The van der Waals surface area contributed by atoms with E-state index in [0.717, 1.165) is 0 Å². The molecule has 4 heteroatoms. The molecule has 0 aromatic carbocycles. The quantitative estimate of drug-likeness (QED) is 0.462. The summed E-state index contributed by atoms with van der Waals surface area (Å²) in [6, 6.07) is 0. The molecule has 0 aliphatic carbocycles. The lowest BCUT2D eigenvalue weighted by molar-refractivity contribution is -0.139. The van der Waals surface area contributed by atoms with Gasteiger partial charge in [0.2, 0.25) is 0 Å². The number of ether oxygens (including phenoxy) is 2. The van der Waals surface area contributed by atoms with Crippen LogP contribution in [0.5, 0.6) is 0 Å². The Labute approximate surface area is 71.2 Å². The van der Waals surface area contributed by atoms with E-state index in [9.17, 15) is 9.59 Å². The predicted octanol–water partition coefficient (Wildman–Crippen LogP) is 0.669. The van der Waals surface area contributed by atoms with Gasteiger partial charge >= 0.3 is 11.9 Å². The van der Waals surface area contributed by atoms with Gasteiger partial charge in [-0.2, -0.15) is 0 Å². The van der Waals surface area contributed by atoms with Gasteiger partial charge in [0.05, 0.1) is 20.1 Å². The summed E-state index contributed by atoms with van der Waals surface area (Å²) in [5.41, 5.74) is 0. The molecule has 0 atom stereocenters. The van der Waals surface area contributed by atoms with E-state index in [-0.39, 0.29) is 12.4 Å². The van der Waals surface area contributed by atoms with Crippen molar-refractivity contribution in [2.24, 2.45) is 0 Å². The second-order valence-corrected chi connectivity index (χ2v) is 1.93. The van der Waals surface area contributed by atoms with Crippen LogP contribution in [0.4, 0.5) is 0 Å². The Morgan fingerprint density at radius 1 is 1.42 bits per heavy atom. The van der Waals surface area contributed by atoms with Crippen LogP contribution in [0.15, 0.2) is 12.2 Å². The van der Waals surface area contributed by atoms with E-state index in [4.69, 9.17) is 0 Å².